The molecule has 1 aliphatic carbocycles. The van der Waals surface area contributed by atoms with Gasteiger partial charge in [-0.1, -0.05) is 0 Å². The van der Waals surface area contributed by atoms with Gasteiger partial charge in [0.2, 0.25) is 11.8 Å². The molecule has 1 aliphatic rings. The van der Waals surface area contributed by atoms with E-state index in [2.05, 4.69) is 10.6 Å². The van der Waals surface area contributed by atoms with Gasteiger partial charge in [0.1, 0.15) is 0 Å². The number of nitrogens with one attached hydrogen (secondary N) is 2. The van der Waals surface area contributed by atoms with E-state index in [0.29, 0.717) is 13.0 Å². The molecule has 5 nitrogen and oxygen atoms in total. The van der Waals surface area contributed by atoms with Crippen LogP contribution in [0, 0.1) is 11.8 Å². The van der Waals surface area contributed by atoms with Gasteiger partial charge in [0, 0.05) is 12.2 Å². The number of alkyl halides is 3. The van der Waals surface area contributed by atoms with E-state index in [0.717, 1.165) is 25.1 Å². The molecule has 2 unspecified atom stereocenters. The molecule has 0 aromatic heterocycles. The summed E-state index contributed by atoms with van der Waals surface area (Å²) in [5.41, 5.74) is -0.484. The second-order valence-corrected chi connectivity index (χ2v) is 6.46. The Morgan fingerprint density at radius 1 is 1.12 bits per heavy atom. The predicted molar refractivity (Wildman–Crippen MR) is 87.9 cm³/mol. The highest BCUT2D eigenvalue weighted by Gasteiger charge is 2.47. The van der Waals surface area contributed by atoms with Crippen LogP contribution in [0.4, 0.5) is 18.9 Å². The lowest BCUT2D eigenvalue weighted by molar-refractivity contribution is -0.137. The van der Waals surface area contributed by atoms with Crippen LogP contribution in [0.25, 0.3) is 0 Å². The van der Waals surface area contributed by atoms with Crippen LogP contribution in [0.2, 0.25) is 0 Å². The number of nitrogens with zero attached hydrogens (tertiary/aromatic N) is 1. The number of hydrogen-bond donors (Lipinski definition) is 2. The van der Waals surface area contributed by atoms with Crippen LogP contribution in [0.15, 0.2) is 24.3 Å². The Labute approximate surface area is 144 Å². The van der Waals surface area contributed by atoms with Crippen molar-refractivity contribution in [2.75, 3.05) is 32.5 Å². The van der Waals surface area contributed by atoms with Gasteiger partial charge in [-0.3, -0.25) is 9.59 Å². The molecule has 1 aromatic rings. The topological polar surface area (TPSA) is 61.4 Å². The maximum absolute atomic E-state index is 12.5. The number of carbonyl (C=O) groups is 2. The van der Waals surface area contributed by atoms with Crippen LogP contribution in [0.1, 0.15) is 18.4 Å². The molecule has 2 N–H and O–H groups in total. The van der Waals surface area contributed by atoms with Gasteiger partial charge in [-0.25, -0.2) is 0 Å². The molecule has 1 saturated carbocycles. The molecule has 8 heteroatoms. The van der Waals surface area contributed by atoms with Crippen LogP contribution >= 0.6 is 0 Å². The SMILES string of the molecule is CN(C)CCCNC(=O)C1CC1C(=O)Nc1ccc(C(F)(F)F)cc1. The van der Waals surface area contributed by atoms with Gasteiger partial charge in [0.05, 0.1) is 17.4 Å². The maximum atomic E-state index is 12.5. The number of amides is 2. The molecule has 0 heterocycles. The number of hydrogen-bond acceptors (Lipinski definition) is 3. The summed E-state index contributed by atoms with van der Waals surface area (Å²) in [4.78, 5) is 26.0. The van der Waals surface area contributed by atoms with E-state index in [1.165, 1.54) is 12.1 Å². The first-order valence-corrected chi connectivity index (χ1v) is 8.09. The summed E-state index contributed by atoms with van der Waals surface area (Å²) in [7, 11) is 3.90. The first kappa shape index (κ1) is 19.2. The fourth-order valence-electron chi connectivity index (χ4n) is 2.49. The third-order valence-corrected chi connectivity index (χ3v) is 4.03. The summed E-state index contributed by atoms with van der Waals surface area (Å²) in [5.74, 6) is -1.26. The summed E-state index contributed by atoms with van der Waals surface area (Å²) in [6, 6.07) is 4.24. The Kier molecular flexibility index (Phi) is 6.05. The van der Waals surface area contributed by atoms with Crippen molar-refractivity contribution in [3.63, 3.8) is 0 Å². The van der Waals surface area contributed by atoms with E-state index in [9.17, 15) is 22.8 Å². The predicted octanol–water partition coefficient (Wildman–Crippen LogP) is 2.35. The highest BCUT2D eigenvalue weighted by Crippen LogP contribution is 2.39. The second kappa shape index (κ2) is 7.86. The van der Waals surface area contributed by atoms with E-state index < -0.39 is 17.7 Å². The first-order valence-electron chi connectivity index (χ1n) is 8.09. The van der Waals surface area contributed by atoms with E-state index in [4.69, 9.17) is 0 Å². The first-order chi connectivity index (χ1) is 11.7. The fourth-order valence-corrected chi connectivity index (χ4v) is 2.49. The number of halogens is 3. The molecule has 0 bridgehead atoms. The summed E-state index contributed by atoms with van der Waals surface area (Å²) in [5, 5.41) is 5.36. The zero-order valence-electron chi connectivity index (χ0n) is 14.2. The van der Waals surface area contributed by atoms with Gasteiger partial charge in [0.15, 0.2) is 0 Å². The third kappa shape index (κ3) is 5.74. The van der Waals surface area contributed by atoms with Crippen molar-refractivity contribution in [3.05, 3.63) is 29.8 Å². The van der Waals surface area contributed by atoms with Crippen molar-refractivity contribution >= 4 is 17.5 Å². The van der Waals surface area contributed by atoms with Gasteiger partial charge in [-0.05, 0) is 57.7 Å². The normalized spacial score (nSPS) is 19.6. The zero-order chi connectivity index (χ0) is 18.6. The van der Waals surface area contributed by atoms with Gasteiger partial charge in [0.25, 0.3) is 0 Å². The van der Waals surface area contributed by atoms with Crippen molar-refractivity contribution in [3.8, 4) is 0 Å². The highest BCUT2D eigenvalue weighted by molar-refractivity contribution is 5.99. The van der Waals surface area contributed by atoms with Crippen LogP contribution in [-0.4, -0.2) is 43.9 Å². The molecule has 0 spiro atoms. The molecule has 0 saturated heterocycles. The van der Waals surface area contributed by atoms with Gasteiger partial charge >= 0.3 is 6.18 Å². The van der Waals surface area contributed by atoms with Crippen molar-refractivity contribution in [2.45, 2.75) is 19.0 Å². The monoisotopic (exact) mass is 357 g/mol. The minimum Gasteiger partial charge on any atom is -0.356 e. The molecule has 2 atom stereocenters. The van der Waals surface area contributed by atoms with Crippen LogP contribution in [0.5, 0.6) is 0 Å². The Hall–Kier alpha value is -2.09. The van der Waals surface area contributed by atoms with Gasteiger partial charge in [-0.15, -0.1) is 0 Å². The molecule has 0 aliphatic heterocycles. The van der Waals surface area contributed by atoms with Gasteiger partial charge < -0.3 is 15.5 Å². The summed E-state index contributed by atoms with van der Waals surface area (Å²) < 4.78 is 37.5. The average Bonchev–Trinajstić information content (AvgIpc) is 3.31. The van der Waals surface area contributed by atoms with Crippen LogP contribution in [-0.2, 0) is 15.8 Å². The summed E-state index contributed by atoms with van der Waals surface area (Å²) >= 11 is 0. The standard InChI is InChI=1S/C17H22F3N3O2/c1-23(2)9-3-8-21-15(24)13-10-14(13)16(25)22-12-6-4-11(5-7-12)17(18,19)20/h4-7,13-14H,3,8-10H2,1-2H3,(H,21,24)(H,22,25). The van der Waals surface area contributed by atoms with Crippen molar-refractivity contribution in [1.82, 2.24) is 10.2 Å². The third-order valence-electron chi connectivity index (χ3n) is 4.03. The number of benzene rings is 1. The molecule has 1 aromatic carbocycles. The molecule has 1 fully saturated rings. The number of carbonyl (C=O) groups excluding carboxylic acids is 2. The molecule has 0 radical (unpaired) electrons. The van der Waals surface area contributed by atoms with Crippen LogP contribution < -0.4 is 10.6 Å². The quantitative estimate of drug-likeness (QED) is 0.737. The number of anilines is 1. The molecule has 25 heavy (non-hydrogen) atoms. The second-order valence-electron chi connectivity index (χ2n) is 6.46. The Morgan fingerprint density at radius 3 is 2.28 bits per heavy atom. The summed E-state index contributed by atoms with van der Waals surface area (Å²) in [6.45, 7) is 1.42. The molecular weight excluding hydrogens is 335 g/mol. The van der Waals surface area contributed by atoms with E-state index >= 15 is 0 Å². The zero-order valence-corrected chi connectivity index (χ0v) is 14.2. The van der Waals surface area contributed by atoms with Crippen molar-refractivity contribution in [2.24, 2.45) is 11.8 Å². The minimum absolute atomic E-state index is 0.147. The lowest BCUT2D eigenvalue weighted by atomic mass is 10.2. The highest BCUT2D eigenvalue weighted by atomic mass is 19.4. The molecular formula is C17H22F3N3O2. The Morgan fingerprint density at radius 2 is 1.72 bits per heavy atom. The Balaban J connectivity index is 1.76. The lowest BCUT2D eigenvalue weighted by Crippen LogP contribution is -2.30. The largest absolute Gasteiger partial charge is 0.416 e. The fraction of sp³-hybridized carbons (Fsp3) is 0.529. The van der Waals surface area contributed by atoms with Crippen molar-refractivity contribution < 1.29 is 22.8 Å². The average molecular weight is 357 g/mol. The Bertz CT molecular complexity index is 615. The maximum Gasteiger partial charge on any atom is 0.416 e. The van der Waals surface area contributed by atoms with Crippen molar-refractivity contribution in [1.29, 1.82) is 0 Å². The lowest BCUT2D eigenvalue weighted by Gasteiger charge is -2.10. The van der Waals surface area contributed by atoms with E-state index in [1.54, 1.807) is 0 Å². The van der Waals surface area contributed by atoms with Gasteiger partial charge in [-0.2, -0.15) is 13.2 Å². The van der Waals surface area contributed by atoms with E-state index in [-0.39, 0.29) is 23.4 Å². The minimum atomic E-state index is -4.41. The van der Waals surface area contributed by atoms with Crippen LogP contribution in [0.3, 0.4) is 0 Å². The summed E-state index contributed by atoms with van der Waals surface area (Å²) in [6.07, 6.45) is -3.12. The molecule has 2 amide bonds. The smallest absolute Gasteiger partial charge is 0.356 e. The molecule has 138 valence electrons. The number of rotatable bonds is 7. The van der Waals surface area contributed by atoms with E-state index in [1.807, 2.05) is 19.0 Å². The molecule has 2 rings (SSSR count).